The first-order chi connectivity index (χ1) is 10.1. The Kier molecular flexibility index (Phi) is 4.11. The van der Waals surface area contributed by atoms with Crippen molar-refractivity contribution in [3.63, 3.8) is 0 Å². The van der Waals surface area contributed by atoms with Crippen LogP contribution in [-0.2, 0) is 0 Å². The summed E-state index contributed by atoms with van der Waals surface area (Å²) in [7, 11) is 3.51. The van der Waals surface area contributed by atoms with E-state index in [9.17, 15) is 15.4 Å². The number of nitrogens with one attached hydrogen (secondary N) is 1. The highest BCUT2D eigenvalue weighted by Gasteiger charge is 2.14. The third kappa shape index (κ3) is 2.80. The summed E-state index contributed by atoms with van der Waals surface area (Å²) in [6, 6.07) is 8.20. The van der Waals surface area contributed by atoms with E-state index in [1.54, 1.807) is 43.6 Å². The minimum atomic E-state index is -0.460. The van der Waals surface area contributed by atoms with Gasteiger partial charge in [0.25, 0.3) is 5.69 Å². The lowest BCUT2D eigenvalue weighted by Gasteiger charge is -2.19. The fraction of sp³-hybridized carbons (Fsp3) is 0.143. The van der Waals surface area contributed by atoms with Crippen LogP contribution in [0.15, 0.2) is 36.7 Å². The highest BCUT2D eigenvalue weighted by atomic mass is 16.6. The average molecular weight is 283 g/mol. The first-order valence-electron chi connectivity index (χ1n) is 6.12. The van der Waals surface area contributed by atoms with E-state index >= 15 is 0 Å². The Balaban J connectivity index is 2.54. The van der Waals surface area contributed by atoms with Gasteiger partial charge in [0.05, 0.1) is 22.4 Å². The Labute approximate surface area is 121 Å². The van der Waals surface area contributed by atoms with Gasteiger partial charge in [-0.3, -0.25) is 15.1 Å². The van der Waals surface area contributed by atoms with Gasteiger partial charge < -0.3 is 5.01 Å². The summed E-state index contributed by atoms with van der Waals surface area (Å²) in [5.41, 5.74) is 5.35. The molecule has 0 spiro atoms. The normalized spacial score (nSPS) is 9.95. The SMILES string of the molecule is CNN(C)c1cncc(-c2ccc([N+](=O)[O-])cc2)c1C#N. The lowest BCUT2D eigenvalue weighted by molar-refractivity contribution is -0.384. The van der Waals surface area contributed by atoms with Gasteiger partial charge in [0, 0.05) is 38.0 Å². The van der Waals surface area contributed by atoms with Gasteiger partial charge in [0.1, 0.15) is 6.07 Å². The number of anilines is 1. The van der Waals surface area contributed by atoms with Gasteiger partial charge >= 0.3 is 0 Å². The molecule has 0 fully saturated rings. The molecular formula is C14H13N5O2. The van der Waals surface area contributed by atoms with Crippen LogP contribution in [0.25, 0.3) is 11.1 Å². The maximum atomic E-state index is 10.7. The Hall–Kier alpha value is -2.98. The molecule has 1 aromatic heterocycles. The van der Waals surface area contributed by atoms with Crippen LogP contribution in [0.5, 0.6) is 0 Å². The fourth-order valence-electron chi connectivity index (χ4n) is 1.92. The molecule has 0 unspecified atom stereocenters. The molecule has 2 rings (SSSR count). The number of hydrogen-bond acceptors (Lipinski definition) is 6. The van der Waals surface area contributed by atoms with E-state index in [1.165, 1.54) is 12.1 Å². The zero-order chi connectivity index (χ0) is 15.4. The van der Waals surface area contributed by atoms with Crippen LogP contribution in [0.3, 0.4) is 0 Å². The van der Waals surface area contributed by atoms with Crippen molar-refractivity contribution in [2.75, 3.05) is 19.1 Å². The Morgan fingerprint density at radius 2 is 2.00 bits per heavy atom. The molecule has 1 N–H and O–H groups in total. The average Bonchev–Trinajstić information content (AvgIpc) is 2.53. The maximum absolute atomic E-state index is 10.7. The number of rotatable bonds is 4. The standard InChI is InChI=1S/C14H13N5O2/c1-16-18(2)14-9-17-8-13(12(14)7-15)10-3-5-11(6-4-10)19(20)21/h3-6,8-9,16H,1-2H3. The second-order valence-corrected chi connectivity index (χ2v) is 4.28. The summed E-state index contributed by atoms with van der Waals surface area (Å²) in [5, 5.41) is 21.8. The number of nitro benzene ring substituents is 1. The van der Waals surface area contributed by atoms with Crippen LogP contribution in [0, 0.1) is 21.4 Å². The Morgan fingerprint density at radius 3 is 2.52 bits per heavy atom. The van der Waals surface area contributed by atoms with E-state index in [0.717, 1.165) is 0 Å². The predicted molar refractivity (Wildman–Crippen MR) is 78.5 cm³/mol. The third-order valence-electron chi connectivity index (χ3n) is 3.12. The third-order valence-corrected chi connectivity index (χ3v) is 3.12. The Bertz CT molecular complexity index is 706. The van der Waals surface area contributed by atoms with Crippen LogP contribution >= 0.6 is 0 Å². The van der Waals surface area contributed by atoms with Crippen LogP contribution in [0.4, 0.5) is 11.4 Å². The molecule has 21 heavy (non-hydrogen) atoms. The van der Waals surface area contributed by atoms with Gasteiger partial charge in [-0.15, -0.1) is 0 Å². The lowest BCUT2D eigenvalue weighted by Crippen LogP contribution is -2.31. The van der Waals surface area contributed by atoms with Gasteiger partial charge in [-0.1, -0.05) is 0 Å². The molecule has 7 heteroatoms. The minimum Gasteiger partial charge on any atom is -0.309 e. The molecule has 0 bridgehead atoms. The zero-order valence-corrected chi connectivity index (χ0v) is 11.6. The molecule has 106 valence electrons. The summed E-state index contributed by atoms with van der Waals surface area (Å²) in [4.78, 5) is 14.3. The molecule has 2 aromatic rings. The smallest absolute Gasteiger partial charge is 0.269 e. The van der Waals surface area contributed by atoms with Crippen molar-refractivity contribution in [2.45, 2.75) is 0 Å². The molecule has 0 aliphatic rings. The topological polar surface area (TPSA) is 95.1 Å². The van der Waals surface area contributed by atoms with Crippen molar-refractivity contribution in [2.24, 2.45) is 0 Å². The molecule has 0 saturated heterocycles. The lowest BCUT2D eigenvalue weighted by atomic mass is 10.0. The second kappa shape index (κ2) is 5.98. The molecule has 1 aromatic carbocycles. The van der Waals surface area contributed by atoms with Gasteiger partial charge in [-0.2, -0.15) is 5.26 Å². The first-order valence-corrected chi connectivity index (χ1v) is 6.12. The number of nitriles is 1. The van der Waals surface area contributed by atoms with Gasteiger partial charge in [0.15, 0.2) is 0 Å². The fourth-order valence-corrected chi connectivity index (χ4v) is 1.92. The minimum absolute atomic E-state index is 0.00807. The van der Waals surface area contributed by atoms with Crippen molar-refractivity contribution < 1.29 is 4.92 Å². The van der Waals surface area contributed by atoms with Crippen LogP contribution in [0.2, 0.25) is 0 Å². The van der Waals surface area contributed by atoms with E-state index in [1.807, 2.05) is 0 Å². The number of hydrogen-bond donors (Lipinski definition) is 1. The number of nitro groups is 1. The zero-order valence-electron chi connectivity index (χ0n) is 11.6. The summed E-state index contributed by atoms with van der Waals surface area (Å²) < 4.78 is 0. The number of aromatic nitrogens is 1. The molecule has 0 aliphatic carbocycles. The number of benzene rings is 1. The van der Waals surface area contributed by atoms with Crippen molar-refractivity contribution in [3.05, 3.63) is 52.3 Å². The molecule has 7 nitrogen and oxygen atoms in total. The quantitative estimate of drug-likeness (QED) is 0.682. The van der Waals surface area contributed by atoms with Crippen LogP contribution in [0.1, 0.15) is 5.56 Å². The monoisotopic (exact) mass is 283 g/mol. The molecular weight excluding hydrogens is 270 g/mol. The van der Waals surface area contributed by atoms with Gasteiger partial charge in [-0.25, -0.2) is 5.43 Å². The molecule has 0 amide bonds. The van der Waals surface area contributed by atoms with Crippen molar-refractivity contribution >= 4 is 11.4 Å². The van der Waals surface area contributed by atoms with E-state index in [4.69, 9.17) is 0 Å². The molecule has 1 heterocycles. The number of pyridine rings is 1. The molecule has 0 saturated carbocycles. The van der Waals surface area contributed by atoms with E-state index < -0.39 is 4.92 Å². The van der Waals surface area contributed by atoms with Crippen molar-refractivity contribution in [1.29, 1.82) is 5.26 Å². The maximum Gasteiger partial charge on any atom is 0.269 e. The van der Waals surface area contributed by atoms with Crippen LogP contribution in [-0.4, -0.2) is 24.0 Å². The highest BCUT2D eigenvalue weighted by molar-refractivity contribution is 5.77. The summed E-state index contributed by atoms with van der Waals surface area (Å²) >= 11 is 0. The van der Waals surface area contributed by atoms with E-state index in [2.05, 4.69) is 16.5 Å². The summed E-state index contributed by atoms with van der Waals surface area (Å²) in [6.45, 7) is 0. The second-order valence-electron chi connectivity index (χ2n) is 4.28. The predicted octanol–water partition coefficient (Wildman–Crippen LogP) is 2.10. The van der Waals surface area contributed by atoms with Crippen molar-refractivity contribution in [3.8, 4) is 17.2 Å². The molecule has 0 radical (unpaired) electrons. The van der Waals surface area contributed by atoms with E-state index in [0.29, 0.717) is 22.4 Å². The molecule has 0 aliphatic heterocycles. The number of nitrogens with zero attached hydrogens (tertiary/aromatic N) is 4. The first kappa shape index (κ1) is 14.4. The largest absolute Gasteiger partial charge is 0.309 e. The van der Waals surface area contributed by atoms with Crippen molar-refractivity contribution in [1.82, 2.24) is 10.4 Å². The Morgan fingerprint density at radius 1 is 1.33 bits per heavy atom. The number of hydrazine groups is 1. The molecule has 0 atom stereocenters. The van der Waals surface area contributed by atoms with Gasteiger partial charge in [0.2, 0.25) is 0 Å². The van der Waals surface area contributed by atoms with Gasteiger partial charge in [-0.05, 0) is 17.7 Å². The summed E-state index contributed by atoms with van der Waals surface area (Å²) in [5.74, 6) is 0. The summed E-state index contributed by atoms with van der Waals surface area (Å²) in [6.07, 6.45) is 3.16. The van der Waals surface area contributed by atoms with Crippen LogP contribution < -0.4 is 10.4 Å². The highest BCUT2D eigenvalue weighted by Crippen LogP contribution is 2.29. The van der Waals surface area contributed by atoms with E-state index in [-0.39, 0.29) is 5.69 Å². The number of non-ortho nitro benzene ring substituents is 1.